The van der Waals surface area contributed by atoms with Crippen molar-refractivity contribution in [3.05, 3.63) is 65.2 Å². The minimum Gasteiger partial charge on any atom is -0.454 e. The molecule has 1 N–H and O–H groups in total. The van der Waals surface area contributed by atoms with Crippen molar-refractivity contribution in [1.29, 1.82) is 0 Å². The predicted octanol–water partition coefficient (Wildman–Crippen LogP) is 1.34. The number of para-hydroxylation sites is 1. The quantitative estimate of drug-likeness (QED) is 0.559. The molecule has 1 amide bonds. The Bertz CT molecular complexity index is 1280. The number of fused-ring (bicyclic) bond motifs is 2. The number of benzene rings is 2. The summed E-state index contributed by atoms with van der Waals surface area (Å²) in [4.78, 5) is 29.4. The van der Waals surface area contributed by atoms with E-state index in [1.54, 1.807) is 18.2 Å². The van der Waals surface area contributed by atoms with E-state index in [2.05, 4.69) is 20.6 Å². The summed E-state index contributed by atoms with van der Waals surface area (Å²) in [7, 11) is 0. The summed E-state index contributed by atoms with van der Waals surface area (Å²) in [6.45, 7) is -0.0636. The second-order valence-electron chi connectivity index (χ2n) is 6.30. The third kappa shape index (κ3) is 3.06. The number of carbonyl (C=O) groups excluding carboxylic acids is 1. The monoisotopic (exact) mass is 390 g/mol. The van der Waals surface area contributed by atoms with Crippen LogP contribution in [0.15, 0.2) is 59.7 Å². The van der Waals surface area contributed by atoms with Crippen molar-refractivity contribution < 1.29 is 14.3 Å². The first-order valence-electron chi connectivity index (χ1n) is 8.75. The van der Waals surface area contributed by atoms with Gasteiger partial charge in [-0.3, -0.25) is 14.2 Å². The molecule has 0 saturated carbocycles. The van der Waals surface area contributed by atoms with Crippen LogP contribution >= 0.6 is 0 Å². The van der Waals surface area contributed by atoms with Gasteiger partial charge < -0.3 is 14.8 Å². The number of rotatable bonds is 4. The van der Waals surface area contributed by atoms with Gasteiger partial charge in [-0.15, -0.1) is 5.10 Å². The van der Waals surface area contributed by atoms with Gasteiger partial charge in [0, 0.05) is 11.8 Å². The SMILES string of the molecule is O=C(Cn1cnc2c(nnn2-c2ccccc2)c1=O)Nc1ccc2c(c1)OCO2. The molecule has 0 fully saturated rings. The Balaban J connectivity index is 1.39. The number of hydrogen-bond donors (Lipinski definition) is 1. The van der Waals surface area contributed by atoms with Crippen LogP contribution in [0.1, 0.15) is 0 Å². The fraction of sp³-hybridized carbons (Fsp3) is 0.105. The lowest BCUT2D eigenvalue weighted by Gasteiger charge is -2.08. The van der Waals surface area contributed by atoms with Crippen LogP contribution in [0.5, 0.6) is 11.5 Å². The number of carbonyl (C=O) groups is 1. The molecule has 0 bridgehead atoms. The van der Waals surface area contributed by atoms with Gasteiger partial charge in [0.1, 0.15) is 12.9 Å². The van der Waals surface area contributed by atoms with Crippen molar-refractivity contribution in [2.45, 2.75) is 6.54 Å². The van der Waals surface area contributed by atoms with Crippen molar-refractivity contribution >= 4 is 22.8 Å². The number of anilines is 1. The number of amides is 1. The maximum absolute atomic E-state index is 12.7. The first-order valence-corrected chi connectivity index (χ1v) is 8.75. The normalized spacial score (nSPS) is 12.3. The topological polar surface area (TPSA) is 113 Å². The van der Waals surface area contributed by atoms with Gasteiger partial charge in [0.2, 0.25) is 12.7 Å². The summed E-state index contributed by atoms with van der Waals surface area (Å²) < 4.78 is 13.2. The first kappa shape index (κ1) is 16.9. The third-order valence-corrected chi connectivity index (χ3v) is 4.40. The van der Waals surface area contributed by atoms with Gasteiger partial charge in [-0.2, -0.15) is 4.68 Å². The number of hydrogen-bond acceptors (Lipinski definition) is 7. The molecule has 0 unspecified atom stereocenters. The molecule has 0 radical (unpaired) electrons. The zero-order chi connectivity index (χ0) is 19.8. The highest BCUT2D eigenvalue weighted by Gasteiger charge is 2.16. The number of aromatic nitrogens is 5. The lowest BCUT2D eigenvalue weighted by molar-refractivity contribution is -0.116. The van der Waals surface area contributed by atoms with Crippen LogP contribution in [0.2, 0.25) is 0 Å². The van der Waals surface area contributed by atoms with E-state index in [4.69, 9.17) is 9.47 Å². The van der Waals surface area contributed by atoms with Crippen LogP contribution in [0.3, 0.4) is 0 Å². The second kappa shape index (κ2) is 6.75. The molecule has 3 heterocycles. The number of ether oxygens (including phenoxy) is 2. The molecule has 1 aliphatic heterocycles. The predicted molar refractivity (Wildman–Crippen MR) is 102 cm³/mol. The maximum Gasteiger partial charge on any atom is 0.284 e. The molecule has 144 valence electrons. The molecule has 0 saturated heterocycles. The summed E-state index contributed by atoms with van der Waals surface area (Å²) in [5, 5.41) is 10.7. The van der Waals surface area contributed by atoms with Crippen molar-refractivity contribution in [2.75, 3.05) is 12.1 Å². The first-order chi connectivity index (χ1) is 14.2. The standard InChI is InChI=1S/C19H14N6O4/c26-16(21-12-6-7-14-15(8-12)29-11-28-14)9-24-10-20-18-17(19(24)27)22-23-25(18)13-4-2-1-3-5-13/h1-8,10H,9,11H2,(H,21,26). The molecule has 29 heavy (non-hydrogen) atoms. The Hall–Kier alpha value is -4.21. The summed E-state index contributed by atoms with van der Waals surface area (Å²) in [5.41, 5.74) is 1.25. The Morgan fingerprint density at radius 1 is 1.10 bits per heavy atom. The number of nitrogens with one attached hydrogen (secondary N) is 1. The fourth-order valence-electron chi connectivity index (χ4n) is 3.03. The molecule has 10 heteroatoms. The van der Waals surface area contributed by atoms with E-state index in [1.165, 1.54) is 15.6 Å². The molecule has 5 rings (SSSR count). The van der Waals surface area contributed by atoms with Gasteiger partial charge in [0.15, 0.2) is 22.7 Å². The van der Waals surface area contributed by atoms with E-state index in [9.17, 15) is 9.59 Å². The molecular formula is C19H14N6O4. The van der Waals surface area contributed by atoms with E-state index in [0.717, 1.165) is 5.69 Å². The fourth-order valence-corrected chi connectivity index (χ4v) is 3.03. The third-order valence-electron chi connectivity index (χ3n) is 4.40. The highest BCUT2D eigenvalue weighted by molar-refractivity contribution is 5.91. The van der Waals surface area contributed by atoms with E-state index >= 15 is 0 Å². The van der Waals surface area contributed by atoms with Gasteiger partial charge in [-0.05, 0) is 24.3 Å². The molecule has 4 aromatic rings. The Morgan fingerprint density at radius 2 is 1.93 bits per heavy atom. The van der Waals surface area contributed by atoms with Crippen LogP contribution in [0.25, 0.3) is 16.9 Å². The van der Waals surface area contributed by atoms with Crippen molar-refractivity contribution in [3.8, 4) is 17.2 Å². The van der Waals surface area contributed by atoms with E-state index in [-0.39, 0.29) is 24.8 Å². The van der Waals surface area contributed by atoms with Crippen molar-refractivity contribution in [1.82, 2.24) is 24.5 Å². The second-order valence-corrected chi connectivity index (χ2v) is 6.30. The highest BCUT2D eigenvalue weighted by atomic mass is 16.7. The summed E-state index contributed by atoms with van der Waals surface area (Å²) in [5.74, 6) is 0.790. The average Bonchev–Trinajstić information content (AvgIpc) is 3.37. The van der Waals surface area contributed by atoms with Gasteiger partial charge >= 0.3 is 0 Å². The number of nitrogens with zero attached hydrogens (tertiary/aromatic N) is 5. The van der Waals surface area contributed by atoms with Crippen LogP contribution in [0.4, 0.5) is 5.69 Å². The summed E-state index contributed by atoms with van der Waals surface area (Å²) in [6.07, 6.45) is 1.31. The Kier molecular flexibility index (Phi) is 3.94. The van der Waals surface area contributed by atoms with Crippen molar-refractivity contribution in [2.24, 2.45) is 0 Å². The van der Waals surface area contributed by atoms with Crippen LogP contribution in [-0.4, -0.2) is 37.2 Å². The average molecular weight is 390 g/mol. The highest BCUT2D eigenvalue weighted by Crippen LogP contribution is 2.34. The molecule has 0 aliphatic carbocycles. The lowest BCUT2D eigenvalue weighted by atomic mass is 10.3. The molecule has 2 aromatic heterocycles. The minimum atomic E-state index is -0.446. The molecular weight excluding hydrogens is 376 g/mol. The Morgan fingerprint density at radius 3 is 2.79 bits per heavy atom. The molecule has 0 atom stereocenters. The summed E-state index contributed by atoms with van der Waals surface area (Å²) >= 11 is 0. The maximum atomic E-state index is 12.7. The van der Waals surface area contributed by atoms with Gasteiger partial charge in [-0.25, -0.2) is 4.98 Å². The van der Waals surface area contributed by atoms with Gasteiger partial charge in [0.05, 0.1) is 5.69 Å². The van der Waals surface area contributed by atoms with Crippen LogP contribution in [0, 0.1) is 0 Å². The largest absolute Gasteiger partial charge is 0.454 e. The molecule has 2 aromatic carbocycles. The van der Waals surface area contributed by atoms with Gasteiger partial charge in [0.25, 0.3) is 5.56 Å². The zero-order valence-electron chi connectivity index (χ0n) is 15.0. The smallest absolute Gasteiger partial charge is 0.284 e. The molecule has 1 aliphatic rings. The van der Waals surface area contributed by atoms with E-state index in [0.29, 0.717) is 22.8 Å². The minimum absolute atomic E-state index is 0.0900. The van der Waals surface area contributed by atoms with Crippen molar-refractivity contribution in [3.63, 3.8) is 0 Å². The molecule has 0 spiro atoms. The summed E-state index contributed by atoms with van der Waals surface area (Å²) in [6, 6.07) is 14.3. The van der Waals surface area contributed by atoms with E-state index < -0.39 is 5.56 Å². The van der Waals surface area contributed by atoms with Crippen LogP contribution < -0.4 is 20.3 Å². The lowest BCUT2D eigenvalue weighted by Crippen LogP contribution is -2.28. The molecule has 10 nitrogen and oxygen atoms in total. The van der Waals surface area contributed by atoms with Crippen LogP contribution in [-0.2, 0) is 11.3 Å². The van der Waals surface area contributed by atoms with Gasteiger partial charge in [-0.1, -0.05) is 23.4 Å². The van der Waals surface area contributed by atoms with E-state index in [1.807, 2.05) is 30.3 Å². The Labute approximate surface area is 163 Å². The zero-order valence-corrected chi connectivity index (χ0v) is 15.0.